The van der Waals surface area contributed by atoms with Crippen molar-refractivity contribution in [3.05, 3.63) is 54.0 Å². The van der Waals surface area contributed by atoms with Gasteiger partial charge in [-0.2, -0.15) is 0 Å². The number of hydrogen-bond donors (Lipinski definition) is 1. The molecule has 0 saturated heterocycles. The van der Waals surface area contributed by atoms with Crippen molar-refractivity contribution >= 4 is 5.97 Å². The van der Waals surface area contributed by atoms with Crippen LogP contribution in [0.4, 0.5) is 0 Å². The van der Waals surface area contributed by atoms with Gasteiger partial charge in [0.05, 0.1) is 6.61 Å². The molecule has 5 heteroatoms. The summed E-state index contributed by atoms with van der Waals surface area (Å²) in [6.45, 7) is 7.00. The van der Waals surface area contributed by atoms with Crippen LogP contribution < -0.4 is 0 Å². The van der Waals surface area contributed by atoms with Gasteiger partial charge in [-0.25, -0.2) is 4.79 Å². The number of unbranched alkanes of at least 4 members (excludes halogenated alkanes) is 3. The Kier molecular flexibility index (Phi) is 9.40. The number of allylic oxidation sites excluding steroid dienone is 3. The van der Waals surface area contributed by atoms with Gasteiger partial charge in [0.1, 0.15) is 5.76 Å². The Morgan fingerprint density at radius 2 is 2.17 bits per heavy atom. The van der Waals surface area contributed by atoms with Crippen LogP contribution in [0.2, 0.25) is 0 Å². The van der Waals surface area contributed by atoms with E-state index in [0.717, 1.165) is 37.9 Å². The predicted molar refractivity (Wildman–Crippen MR) is 89.5 cm³/mol. The monoisotopic (exact) mass is 319 g/mol. The van der Waals surface area contributed by atoms with Crippen LogP contribution in [0.3, 0.4) is 0 Å². The smallest absolute Gasteiger partial charge is 0.358 e. The van der Waals surface area contributed by atoms with Crippen molar-refractivity contribution < 1.29 is 19.2 Å². The van der Waals surface area contributed by atoms with Gasteiger partial charge >= 0.3 is 5.97 Å². The zero-order chi connectivity index (χ0) is 16.9. The Morgan fingerprint density at radius 3 is 2.83 bits per heavy atom. The molecule has 1 aromatic heterocycles. The first-order valence-electron chi connectivity index (χ1n) is 7.88. The van der Waals surface area contributed by atoms with E-state index in [0.29, 0.717) is 18.8 Å². The highest BCUT2D eigenvalue weighted by Gasteiger charge is 2.09. The Morgan fingerprint density at radius 1 is 1.39 bits per heavy atom. The minimum Gasteiger partial charge on any atom is -0.476 e. The molecule has 23 heavy (non-hydrogen) atoms. The summed E-state index contributed by atoms with van der Waals surface area (Å²) in [5.74, 6) is -0.427. The second-order valence-corrected chi connectivity index (χ2v) is 5.18. The average Bonchev–Trinajstić information content (AvgIpc) is 2.99. The number of aromatic carboxylic acids is 1. The van der Waals surface area contributed by atoms with Gasteiger partial charge in [-0.1, -0.05) is 48.9 Å². The fraction of sp³-hybridized carbons (Fsp3) is 0.444. The van der Waals surface area contributed by atoms with Crippen LogP contribution in [0, 0.1) is 0 Å². The lowest BCUT2D eigenvalue weighted by atomic mass is 10.1. The molecule has 0 spiro atoms. The molecule has 0 unspecified atom stereocenters. The zero-order valence-corrected chi connectivity index (χ0v) is 13.7. The molecule has 0 radical (unpaired) electrons. The number of rotatable bonds is 12. The fourth-order valence-corrected chi connectivity index (χ4v) is 2.10. The molecule has 0 saturated carbocycles. The van der Waals surface area contributed by atoms with Gasteiger partial charge in [0.2, 0.25) is 0 Å². The number of carboxylic acids is 1. The van der Waals surface area contributed by atoms with E-state index in [2.05, 4.69) is 11.7 Å². The highest BCUT2D eigenvalue weighted by molar-refractivity contribution is 5.85. The molecule has 0 bridgehead atoms. The topological polar surface area (TPSA) is 72.6 Å². The summed E-state index contributed by atoms with van der Waals surface area (Å²) in [6, 6.07) is 1.49. The second-order valence-electron chi connectivity index (χ2n) is 5.18. The molecule has 1 aromatic rings. The van der Waals surface area contributed by atoms with Crippen LogP contribution in [0.1, 0.15) is 48.9 Å². The van der Waals surface area contributed by atoms with Crippen molar-refractivity contribution in [3.63, 3.8) is 0 Å². The minimum atomic E-state index is -1.06. The van der Waals surface area contributed by atoms with Crippen molar-refractivity contribution in [2.24, 2.45) is 0 Å². The minimum absolute atomic E-state index is 0.0297. The maximum Gasteiger partial charge on any atom is 0.358 e. The average molecular weight is 319 g/mol. The van der Waals surface area contributed by atoms with Gasteiger partial charge in [0, 0.05) is 19.1 Å². The Bertz CT molecular complexity index is 543. The van der Waals surface area contributed by atoms with Gasteiger partial charge in [0.15, 0.2) is 5.69 Å². The first-order valence-corrected chi connectivity index (χ1v) is 7.88. The number of aryl methyl sites for hydroxylation is 1. The van der Waals surface area contributed by atoms with E-state index < -0.39 is 5.97 Å². The highest BCUT2D eigenvalue weighted by Crippen LogP contribution is 2.10. The van der Waals surface area contributed by atoms with E-state index in [9.17, 15) is 4.79 Å². The van der Waals surface area contributed by atoms with E-state index in [1.807, 2.05) is 25.2 Å². The van der Waals surface area contributed by atoms with E-state index in [-0.39, 0.29) is 5.69 Å². The lowest BCUT2D eigenvalue weighted by Crippen LogP contribution is -1.99. The molecule has 5 nitrogen and oxygen atoms in total. The van der Waals surface area contributed by atoms with E-state index in [1.165, 1.54) is 6.07 Å². The molecule has 0 aliphatic carbocycles. The summed E-state index contributed by atoms with van der Waals surface area (Å²) >= 11 is 0. The molecule has 126 valence electrons. The molecule has 0 atom stereocenters. The third-order valence-electron chi connectivity index (χ3n) is 3.22. The van der Waals surface area contributed by atoms with Crippen molar-refractivity contribution in [2.45, 2.75) is 39.0 Å². The normalized spacial score (nSPS) is 12.0. The van der Waals surface area contributed by atoms with Crippen molar-refractivity contribution in [1.29, 1.82) is 0 Å². The number of hydrogen-bond acceptors (Lipinski definition) is 4. The number of carboxylic acid groups (broad SMARTS) is 1. The van der Waals surface area contributed by atoms with Crippen LogP contribution in [0.15, 0.2) is 47.0 Å². The van der Waals surface area contributed by atoms with Gasteiger partial charge in [-0.3, -0.25) is 0 Å². The number of ether oxygens (including phenoxy) is 1. The molecule has 0 aromatic carbocycles. The number of nitrogens with zero attached hydrogens (tertiary/aromatic N) is 1. The van der Waals surface area contributed by atoms with E-state index in [4.69, 9.17) is 14.4 Å². The summed E-state index contributed by atoms with van der Waals surface area (Å²) in [5, 5.41) is 12.2. The van der Waals surface area contributed by atoms with Crippen LogP contribution in [-0.4, -0.2) is 29.4 Å². The number of carbonyl (C=O) groups is 1. The molecular formula is C18H25NO4. The summed E-state index contributed by atoms with van der Waals surface area (Å²) in [4.78, 5) is 10.7. The summed E-state index contributed by atoms with van der Waals surface area (Å²) < 4.78 is 10.6. The Hall–Kier alpha value is -2.14. The summed E-state index contributed by atoms with van der Waals surface area (Å²) in [5.41, 5.74) is 1.08. The summed E-state index contributed by atoms with van der Waals surface area (Å²) in [7, 11) is 0. The maximum atomic E-state index is 10.7. The second kappa shape index (κ2) is 11.4. The molecular weight excluding hydrogens is 294 g/mol. The maximum absolute atomic E-state index is 10.7. The SMILES string of the molecule is C=C/C=C(\C=C/C)COCCCCCCc1cc(C(=O)O)no1. The van der Waals surface area contributed by atoms with Gasteiger partial charge in [0.25, 0.3) is 0 Å². The molecule has 0 amide bonds. The Labute approximate surface area is 137 Å². The molecule has 0 fully saturated rings. The molecule has 0 aliphatic heterocycles. The molecule has 1 heterocycles. The van der Waals surface area contributed by atoms with Gasteiger partial charge in [-0.05, 0) is 25.3 Å². The van der Waals surface area contributed by atoms with Crippen molar-refractivity contribution in [2.75, 3.05) is 13.2 Å². The molecule has 1 N–H and O–H groups in total. The largest absolute Gasteiger partial charge is 0.476 e. The van der Waals surface area contributed by atoms with E-state index >= 15 is 0 Å². The zero-order valence-electron chi connectivity index (χ0n) is 13.7. The van der Waals surface area contributed by atoms with E-state index in [1.54, 1.807) is 6.08 Å². The first-order chi connectivity index (χ1) is 11.2. The van der Waals surface area contributed by atoms with Crippen LogP contribution in [-0.2, 0) is 11.2 Å². The predicted octanol–water partition coefficient (Wildman–Crippen LogP) is 4.18. The van der Waals surface area contributed by atoms with Gasteiger partial charge in [-0.15, -0.1) is 0 Å². The van der Waals surface area contributed by atoms with Gasteiger partial charge < -0.3 is 14.4 Å². The number of aromatic nitrogens is 1. The third kappa shape index (κ3) is 8.16. The van der Waals surface area contributed by atoms with Crippen molar-refractivity contribution in [3.8, 4) is 0 Å². The molecule has 0 aliphatic rings. The fourth-order valence-electron chi connectivity index (χ4n) is 2.10. The van der Waals surface area contributed by atoms with Crippen LogP contribution >= 0.6 is 0 Å². The van der Waals surface area contributed by atoms with Crippen molar-refractivity contribution in [1.82, 2.24) is 5.16 Å². The standard InChI is InChI=1S/C18H25NO4/c1-3-9-15(10-4-2)14-22-12-8-6-5-7-11-16-13-17(18(20)21)19-23-16/h3-4,9-10,13H,1,5-8,11-12,14H2,2H3,(H,20,21)/b10-4-,15-9+. The third-order valence-corrected chi connectivity index (χ3v) is 3.22. The highest BCUT2D eigenvalue weighted by atomic mass is 16.5. The Balaban J connectivity index is 2.06. The lowest BCUT2D eigenvalue weighted by molar-refractivity contribution is 0.0685. The lowest BCUT2D eigenvalue weighted by Gasteiger charge is -2.05. The summed E-state index contributed by atoms with van der Waals surface area (Å²) in [6.07, 6.45) is 12.5. The van der Waals surface area contributed by atoms with Crippen LogP contribution in [0.25, 0.3) is 0 Å². The molecule has 1 rings (SSSR count). The quantitative estimate of drug-likeness (QED) is 0.462. The first kappa shape index (κ1) is 18.9. The van der Waals surface area contributed by atoms with Crippen LogP contribution in [0.5, 0.6) is 0 Å².